The Bertz CT molecular complexity index is 552. The van der Waals surface area contributed by atoms with Crippen LogP contribution < -0.4 is 0 Å². The van der Waals surface area contributed by atoms with Crippen LogP contribution >= 0.6 is 0 Å². The number of aromatic amines is 1. The number of carbonyl (C=O) groups is 1. The first-order chi connectivity index (χ1) is 10.8. The topological polar surface area (TPSA) is 61.5 Å². The van der Waals surface area contributed by atoms with E-state index in [2.05, 4.69) is 20.0 Å². The Morgan fingerprint density at radius 3 is 3.05 bits per heavy atom. The van der Waals surface area contributed by atoms with Crippen LogP contribution in [0.15, 0.2) is 6.20 Å². The Kier molecular flexibility index (Phi) is 3.66. The number of aromatic nitrogens is 2. The summed E-state index contributed by atoms with van der Waals surface area (Å²) in [6.45, 7) is 5.52. The molecule has 120 valence electrons. The van der Waals surface area contributed by atoms with Crippen molar-refractivity contribution in [2.75, 3.05) is 45.9 Å². The highest BCUT2D eigenvalue weighted by atomic mass is 16.5. The molecule has 1 amide bonds. The number of morpholine rings is 1. The summed E-state index contributed by atoms with van der Waals surface area (Å²) in [6, 6.07) is 0. The van der Waals surface area contributed by atoms with E-state index in [4.69, 9.17) is 4.74 Å². The third-order valence-electron chi connectivity index (χ3n) is 5.51. The van der Waals surface area contributed by atoms with Gasteiger partial charge in [-0.3, -0.25) is 14.8 Å². The minimum Gasteiger partial charge on any atom is -0.379 e. The highest BCUT2D eigenvalue weighted by Crippen LogP contribution is 2.43. The molecule has 0 radical (unpaired) electrons. The molecule has 22 heavy (non-hydrogen) atoms. The van der Waals surface area contributed by atoms with E-state index in [1.165, 1.54) is 17.7 Å². The minimum atomic E-state index is 0.130. The summed E-state index contributed by atoms with van der Waals surface area (Å²) in [4.78, 5) is 17.0. The van der Waals surface area contributed by atoms with E-state index >= 15 is 0 Å². The van der Waals surface area contributed by atoms with Crippen LogP contribution in [0.3, 0.4) is 0 Å². The Morgan fingerprint density at radius 2 is 2.18 bits per heavy atom. The van der Waals surface area contributed by atoms with Crippen molar-refractivity contribution >= 4 is 5.91 Å². The maximum atomic E-state index is 12.7. The number of aryl methyl sites for hydroxylation is 1. The van der Waals surface area contributed by atoms with Gasteiger partial charge in [-0.2, -0.15) is 5.10 Å². The first-order valence-corrected chi connectivity index (χ1v) is 8.37. The first kappa shape index (κ1) is 14.2. The molecule has 0 saturated carbocycles. The monoisotopic (exact) mass is 304 g/mol. The molecule has 1 aromatic heterocycles. The molecule has 2 saturated heterocycles. The molecule has 0 bridgehead atoms. The molecule has 3 heterocycles. The van der Waals surface area contributed by atoms with E-state index in [9.17, 15) is 4.79 Å². The highest BCUT2D eigenvalue weighted by molar-refractivity contribution is 5.78. The summed E-state index contributed by atoms with van der Waals surface area (Å²) >= 11 is 0. The molecule has 6 heteroatoms. The highest BCUT2D eigenvalue weighted by Gasteiger charge is 2.44. The quantitative estimate of drug-likeness (QED) is 0.867. The van der Waals surface area contributed by atoms with Crippen molar-refractivity contribution in [3.05, 3.63) is 17.5 Å². The zero-order chi connectivity index (χ0) is 15.0. The molecule has 3 aliphatic rings. The number of rotatable bonds is 2. The van der Waals surface area contributed by atoms with Gasteiger partial charge in [-0.25, -0.2) is 0 Å². The van der Waals surface area contributed by atoms with Crippen molar-refractivity contribution in [2.24, 2.45) is 0 Å². The predicted molar refractivity (Wildman–Crippen MR) is 81.7 cm³/mol. The van der Waals surface area contributed by atoms with Gasteiger partial charge in [0, 0.05) is 37.3 Å². The van der Waals surface area contributed by atoms with Gasteiger partial charge in [0.15, 0.2) is 0 Å². The van der Waals surface area contributed by atoms with Crippen LogP contribution in [0.5, 0.6) is 0 Å². The Balaban J connectivity index is 1.44. The number of H-pyrrole nitrogens is 1. The average molecular weight is 304 g/mol. The third-order valence-corrected chi connectivity index (χ3v) is 5.51. The van der Waals surface area contributed by atoms with Crippen LogP contribution in [-0.2, 0) is 21.4 Å². The molecule has 1 unspecified atom stereocenters. The van der Waals surface area contributed by atoms with Gasteiger partial charge in [0.2, 0.25) is 5.91 Å². The van der Waals surface area contributed by atoms with Crippen molar-refractivity contribution in [2.45, 2.75) is 31.1 Å². The number of nitrogens with zero attached hydrogens (tertiary/aromatic N) is 3. The van der Waals surface area contributed by atoms with Crippen LogP contribution in [0.1, 0.15) is 30.5 Å². The molecular weight excluding hydrogens is 280 g/mol. The lowest BCUT2D eigenvalue weighted by Crippen LogP contribution is -2.51. The minimum absolute atomic E-state index is 0.130. The standard InChI is InChI=1S/C16H24N4O2/c21-14(11-19-6-8-22-9-7-19)20-5-1-3-16(12-20)4-2-13-10-17-18-15(13)16/h10H,1-9,11-12H2,(H,17,18). The summed E-state index contributed by atoms with van der Waals surface area (Å²) in [7, 11) is 0. The van der Waals surface area contributed by atoms with Crippen molar-refractivity contribution in [3.8, 4) is 0 Å². The number of carbonyl (C=O) groups excluding carboxylic acids is 1. The van der Waals surface area contributed by atoms with E-state index in [-0.39, 0.29) is 11.3 Å². The second-order valence-corrected chi connectivity index (χ2v) is 6.86. The molecule has 1 N–H and O–H groups in total. The molecule has 1 aromatic rings. The number of hydrogen-bond donors (Lipinski definition) is 1. The van der Waals surface area contributed by atoms with Crippen LogP contribution in [0.2, 0.25) is 0 Å². The number of piperidine rings is 1. The maximum absolute atomic E-state index is 12.7. The molecule has 1 atom stereocenters. The van der Waals surface area contributed by atoms with Gasteiger partial charge in [-0.1, -0.05) is 0 Å². The third kappa shape index (κ3) is 2.44. The summed E-state index contributed by atoms with van der Waals surface area (Å²) in [6.07, 6.45) is 6.46. The van der Waals surface area contributed by atoms with E-state index in [1.54, 1.807) is 0 Å². The van der Waals surface area contributed by atoms with E-state index in [0.717, 1.165) is 58.7 Å². The maximum Gasteiger partial charge on any atom is 0.236 e. The average Bonchev–Trinajstić information content (AvgIpc) is 3.14. The summed E-state index contributed by atoms with van der Waals surface area (Å²) in [5, 5.41) is 7.41. The van der Waals surface area contributed by atoms with Gasteiger partial charge >= 0.3 is 0 Å². The number of fused-ring (bicyclic) bond motifs is 2. The molecule has 2 aliphatic heterocycles. The molecule has 6 nitrogen and oxygen atoms in total. The molecule has 2 fully saturated rings. The first-order valence-electron chi connectivity index (χ1n) is 8.37. The smallest absolute Gasteiger partial charge is 0.236 e. The molecule has 0 aromatic carbocycles. The fraction of sp³-hybridized carbons (Fsp3) is 0.750. The number of nitrogens with one attached hydrogen (secondary N) is 1. The normalized spacial score (nSPS) is 29.0. The van der Waals surface area contributed by atoms with Gasteiger partial charge in [0.25, 0.3) is 0 Å². The zero-order valence-electron chi connectivity index (χ0n) is 13.0. The second-order valence-electron chi connectivity index (χ2n) is 6.86. The van der Waals surface area contributed by atoms with Gasteiger partial charge in [0.05, 0.1) is 26.0 Å². The number of hydrogen-bond acceptors (Lipinski definition) is 4. The summed E-state index contributed by atoms with van der Waals surface area (Å²) in [5.74, 6) is 0.272. The lowest BCUT2D eigenvalue weighted by Gasteiger charge is -2.41. The fourth-order valence-electron chi connectivity index (χ4n) is 4.26. The summed E-state index contributed by atoms with van der Waals surface area (Å²) in [5.41, 5.74) is 2.77. The molecule has 1 spiro atoms. The summed E-state index contributed by atoms with van der Waals surface area (Å²) < 4.78 is 5.36. The Labute approximate surface area is 130 Å². The van der Waals surface area contributed by atoms with Crippen LogP contribution in [-0.4, -0.2) is 71.8 Å². The van der Waals surface area contributed by atoms with Crippen LogP contribution in [0.4, 0.5) is 0 Å². The lowest BCUT2D eigenvalue weighted by molar-refractivity contribution is -0.135. The zero-order valence-corrected chi connectivity index (χ0v) is 13.0. The Hall–Kier alpha value is -1.40. The lowest BCUT2D eigenvalue weighted by atomic mass is 9.77. The predicted octanol–water partition coefficient (Wildman–Crippen LogP) is 0.548. The van der Waals surface area contributed by atoms with E-state index < -0.39 is 0 Å². The van der Waals surface area contributed by atoms with E-state index in [0.29, 0.717) is 6.54 Å². The Morgan fingerprint density at radius 1 is 1.32 bits per heavy atom. The van der Waals surface area contributed by atoms with Gasteiger partial charge < -0.3 is 9.64 Å². The van der Waals surface area contributed by atoms with Gasteiger partial charge in [-0.15, -0.1) is 0 Å². The molecule has 1 aliphatic carbocycles. The van der Waals surface area contributed by atoms with Gasteiger partial charge in [-0.05, 0) is 31.2 Å². The largest absolute Gasteiger partial charge is 0.379 e. The number of amides is 1. The molecular formula is C16H24N4O2. The van der Waals surface area contributed by atoms with Crippen LogP contribution in [0.25, 0.3) is 0 Å². The SMILES string of the molecule is O=C(CN1CCOCC1)N1CCCC2(CCc3cn[nH]c32)C1. The number of ether oxygens (including phenoxy) is 1. The second kappa shape index (κ2) is 5.66. The van der Waals surface area contributed by atoms with E-state index in [1.807, 2.05) is 6.20 Å². The van der Waals surface area contributed by atoms with Crippen molar-refractivity contribution in [1.82, 2.24) is 20.0 Å². The van der Waals surface area contributed by atoms with Gasteiger partial charge in [0.1, 0.15) is 0 Å². The number of likely N-dealkylation sites (tertiary alicyclic amines) is 1. The fourth-order valence-corrected chi connectivity index (χ4v) is 4.26. The van der Waals surface area contributed by atoms with Crippen molar-refractivity contribution < 1.29 is 9.53 Å². The van der Waals surface area contributed by atoms with Crippen molar-refractivity contribution in [1.29, 1.82) is 0 Å². The molecule has 4 rings (SSSR count). The van der Waals surface area contributed by atoms with Crippen LogP contribution in [0, 0.1) is 0 Å². The van der Waals surface area contributed by atoms with Crippen molar-refractivity contribution in [3.63, 3.8) is 0 Å².